The van der Waals surface area contributed by atoms with Gasteiger partial charge in [-0.1, -0.05) is 48.0 Å². The van der Waals surface area contributed by atoms with Gasteiger partial charge < -0.3 is 5.73 Å². The highest BCUT2D eigenvalue weighted by atomic mass is 35.5. The summed E-state index contributed by atoms with van der Waals surface area (Å²) in [6, 6.07) is 16.4. The molecule has 2 aromatic carbocycles. The monoisotopic (exact) mass is 388 g/mol. The first kappa shape index (κ1) is 18.5. The number of hydrogen-bond donors (Lipinski definition) is 1. The molecule has 3 aromatic rings. The first-order valence-corrected chi connectivity index (χ1v) is 10.5. The predicted octanol–water partition coefficient (Wildman–Crippen LogP) is 6.10. The summed E-state index contributed by atoms with van der Waals surface area (Å²) in [7, 11) is 0. The maximum absolute atomic E-state index is 6.02. The molecule has 2 N–H and O–H groups in total. The van der Waals surface area contributed by atoms with E-state index < -0.39 is 0 Å². The molecule has 0 fully saturated rings. The third kappa shape index (κ3) is 5.32. The summed E-state index contributed by atoms with van der Waals surface area (Å²) >= 11 is 9.47. The van der Waals surface area contributed by atoms with E-state index in [1.165, 1.54) is 5.56 Å². The van der Waals surface area contributed by atoms with Gasteiger partial charge in [0.2, 0.25) is 0 Å². The third-order valence-corrected chi connectivity index (χ3v) is 6.22. The highest BCUT2D eigenvalue weighted by molar-refractivity contribution is 7.98. The van der Waals surface area contributed by atoms with Crippen LogP contribution >= 0.6 is 34.7 Å². The van der Waals surface area contributed by atoms with Crippen molar-refractivity contribution in [2.45, 2.75) is 25.1 Å². The fraction of sp³-hybridized carbons (Fsp3) is 0.250. The summed E-state index contributed by atoms with van der Waals surface area (Å²) in [5.41, 5.74) is 10.5. The second kappa shape index (κ2) is 7.92. The Morgan fingerprint density at radius 3 is 2.32 bits per heavy atom. The van der Waals surface area contributed by atoms with Gasteiger partial charge >= 0.3 is 0 Å². The molecule has 1 heterocycles. The van der Waals surface area contributed by atoms with Crippen LogP contribution in [0.5, 0.6) is 0 Å². The molecule has 0 spiro atoms. The summed E-state index contributed by atoms with van der Waals surface area (Å²) in [6.45, 7) is 4.12. The molecule has 0 aliphatic carbocycles. The molecule has 5 heteroatoms. The van der Waals surface area contributed by atoms with Crippen molar-refractivity contribution in [3.05, 3.63) is 64.5 Å². The van der Waals surface area contributed by atoms with Gasteiger partial charge in [0.25, 0.3) is 0 Å². The van der Waals surface area contributed by atoms with Crippen molar-refractivity contribution in [3.8, 4) is 21.8 Å². The van der Waals surface area contributed by atoms with E-state index in [1.54, 1.807) is 11.3 Å². The van der Waals surface area contributed by atoms with E-state index >= 15 is 0 Å². The van der Waals surface area contributed by atoms with Gasteiger partial charge in [0.05, 0.1) is 5.69 Å². The second-order valence-corrected chi connectivity index (χ2v) is 9.00. The summed E-state index contributed by atoms with van der Waals surface area (Å²) in [5, 5.41) is 3.86. The molecule has 0 aliphatic rings. The molecule has 0 unspecified atom stereocenters. The molecule has 2 nitrogen and oxygen atoms in total. The van der Waals surface area contributed by atoms with E-state index in [4.69, 9.17) is 22.3 Å². The quantitative estimate of drug-likeness (QED) is 0.554. The van der Waals surface area contributed by atoms with Crippen molar-refractivity contribution in [2.75, 3.05) is 5.75 Å². The van der Waals surface area contributed by atoms with Crippen molar-refractivity contribution in [1.29, 1.82) is 0 Å². The number of hydrogen-bond acceptors (Lipinski definition) is 4. The average Bonchev–Trinajstić information content (AvgIpc) is 3.05. The van der Waals surface area contributed by atoms with Gasteiger partial charge in [-0.3, -0.25) is 0 Å². The highest BCUT2D eigenvalue weighted by Crippen LogP contribution is 2.30. The Hall–Kier alpha value is -1.33. The summed E-state index contributed by atoms with van der Waals surface area (Å²) in [5.74, 6) is 1.93. The zero-order valence-corrected chi connectivity index (χ0v) is 16.7. The minimum absolute atomic E-state index is 0.122. The number of thiazole rings is 1. The Kier molecular flexibility index (Phi) is 5.85. The van der Waals surface area contributed by atoms with Crippen LogP contribution < -0.4 is 5.73 Å². The zero-order chi connectivity index (χ0) is 17.9. The molecule has 130 valence electrons. The Balaban J connectivity index is 1.67. The number of benzene rings is 2. The minimum Gasteiger partial charge on any atom is -0.325 e. The molecular weight excluding hydrogens is 368 g/mol. The highest BCUT2D eigenvalue weighted by Gasteiger charge is 2.10. The van der Waals surface area contributed by atoms with E-state index in [1.807, 2.05) is 36.0 Å². The van der Waals surface area contributed by atoms with Crippen molar-refractivity contribution < 1.29 is 0 Å². The number of aromatic nitrogens is 1. The first-order chi connectivity index (χ1) is 11.9. The van der Waals surface area contributed by atoms with Gasteiger partial charge in [-0.2, -0.15) is 11.8 Å². The Morgan fingerprint density at radius 1 is 1.04 bits per heavy atom. The van der Waals surface area contributed by atoms with E-state index in [2.05, 4.69) is 43.5 Å². The van der Waals surface area contributed by atoms with Crippen molar-refractivity contribution in [1.82, 2.24) is 4.98 Å². The number of thioether (sulfide) groups is 1. The SMILES string of the molecule is CC(C)(N)CSCc1ccc(-c2csc(-c3ccc(Cl)cc3)n2)cc1. The number of nitrogens with two attached hydrogens (primary N) is 1. The van der Waals surface area contributed by atoms with Crippen molar-refractivity contribution in [3.63, 3.8) is 0 Å². The van der Waals surface area contributed by atoms with Gasteiger partial charge in [0, 0.05) is 38.6 Å². The Bertz CT molecular complexity index is 818. The lowest BCUT2D eigenvalue weighted by Gasteiger charge is -2.17. The van der Waals surface area contributed by atoms with E-state index in [0.717, 1.165) is 38.4 Å². The van der Waals surface area contributed by atoms with Crippen LogP contribution in [0.4, 0.5) is 0 Å². The molecule has 25 heavy (non-hydrogen) atoms. The topological polar surface area (TPSA) is 38.9 Å². The largest absolute Gasteiger partial charge is 0.325 e. The fourth-order valence-electron chi connectivity index (χ4n) is 2.34. The molecule has 0 atom stereocenters. The maximum atomic E-state index is 6.02. The maximum Gasteiger partial charge on any atom is 0.124 e. The second-order valence-electron chi connectivity index (χ2n) is 6.72. The zero-order valence-electron chi connectivity index (χ0n) is 14.3. The van der Waals surface area contributed by atoms with Crippen molar-refractivity contribution >= 4 is 34.7 Å². The lowest BCUT2D eigenvalue weighted by atomic mass is 10.1. The molecule has 3 rings (SSSR count). The molecule has 0 saturated heterocycles. The predicted molar refractivity (Wildman–Crippen MR) is 112 cm³/mol. The van der Waals surface area contributed by atoms with Crippen LogP contribution in [0.3, 0.4) is 0 Å². The minimum atomic E-state index is -0.122. The average molecular weight is 389 g/mol. The Morgan fingerprint density at radius 2 is 1.68 bits per heavy atom. The van der Waals surface area contributed by atoms with Crippen LogP contribution in [0.15, 0.2) is 53.9 Å². The van der Waals surface area contributed by atoms with Crippen LogP contribution in [0.2, 0.25) is 5.02 Å². The number of halogens is 1. The van der Waals surface area contributed by atoms with E-state index in [0.29, 0.717) is 0 Å². The molecule has 0 radical (unpaired) electrons. The lowest BCUT2D eigenvalue weighted by molar-refractivity contribution is 0.591. The van der Waals surface area contributed by atoms with Gasteiger partial charge in [-0.15, -0.1) is 11.3 Å². The van der Waals surface area contributed by atoms with Gasteiger partial charge in [0.15, 0.2) is 0 Å². The molecule has 0 bridgehead atoms. The smallest absolute Gasteiger partial charge is 0.124 e. The molecule has 0 amide bonds. The molecule has 0 saturated carbocycles. The van der Waals surface area contributed by atoms with E-state index in [-0.39, 0.29) is 5.54 Å². The van der Waals surface area contributed by atoms with Gasteiger partial charge in [0.1, 0.15) is 5.01 Å². The normalized spacial score (nSPS) is 11.7. The summed E-state index contributed by atoms with van der Waals surface area (Å²) in [4.78, 5) is 4.76. The fourth-order valence-corrected chi connectivity index (χ4v) is 4.35. The molecule has 1 aromatic heterocycles. The van der Waals surface area contributed by atoms with Crippen molar-refractivity contribution in [2.24, 2.45) is 5.73 Å². The standard InChI is InChI=1S/C20H21ClN2S2/c1-20(2,22)13-24-11-14-3-5-15(6-4-14)18-12-25-19(23-18)16-7-9-17(21)10-8-16/h3-10,12H,11,13,22H2,1-2H3. The van der Waals surface area contributed by atoms with Crippen LogP contribution in [-0.4, -0.2) is 16.3 Å². The first-order valence-electron chi connectivity index (χ1n) is 8.08. The van der Waals surface area contributed by atoms with Crippen LogP contribution in [-0.2, 0) is 5.75 Å². The summed E-state index contributed by atoms with van der Waals surface area (Å²) in [6.07, 6.45) is 0. The van der Waals surface area contributed by atoms with Gasteiger partial charge in [-0.05, 0) is 31.5 Å². The lowest BCUT2D eigenvalue weighted by Crippen LogP contribution is -2.34. The van der Waals surface area contributed by atoms with Crippen LogP contribution in [0, 0.1) is 0 Å². The molecule has 0 aliphatic heterocycles. The molecular formula is C20H21ClN2S2. The number of rotatable bonds is 6. The third-order valence-electron chi connectivity index (χ3n) is 3.59. The Labute approximate surface area is 162 Å². The van der Waals surface area contributed by atoms with E-state index in [9.17, 15) is 0 Å². The van der Waals surface area contributed by atoms with Crippen LogP contribution in [0.1, 0.15) is 19.4 Å². The summed E-state index contributed by atoms with van der Waals surface area (Å²) < 4.78 is 0. The van der Waals surface area contributed by atoms with Crippen LogP contribution in [0.25, 0.3) is 21.8 Å². The van der Waals surface area contributed by atoms with Gasteiger partial charge in [-0.25, -0.2) is 4.98 Å². The number of nitrogens with zero attached hydrogens (tertiary/aromatic N) is 1.